The molecule has 0 unspecified atom stereocenters. The number of nitrogens with one attached hydrogen (secondary N) is 2. The van der Waals surface area contributed by atoms with Crippen molar-refractivity contribution in [1.82, 2.24) is 15.6 Å². The number of methoxy groups -OCH3 is 1. The van der Waals surface area contributed by atoms with Crippen molar-refractivity contribution in [3.63, 3.8) is 0 Å². The smallest absolute Gasteiger partial charge is 0.223 e. The zero-order valence-electron chi connectivity index (χ0n) is 16.2. The molecular formula is C22H27N3O3. The lowest BCUT2D eigenvalue weighted by Gasteiger charge is -2.27. The highest BCUT2D eigenvalue weighted by atomic mass is 16.5. The molecule has 1 saturated carbocycles. The molecule has 0 bridgehead atoms. The van der Waals surface area contributed by atoms with Gasteiger partial charge in [0.25, 0.3) is 0 Å². The lowest BCUT2D eigenvalue weighted by atomic mass is 9.81. The molecule has 1 fully saturated rings. The number of hydrogen-bond acceptors (Lipinski definition) is 4. The summed E-state index contributed by atoms with van der Waals surface area (Å²) in [5.74, 6) is 0.896. The molecule has 1 heterocycles. The second kappa shape index (κ2) is 9.88. The van der Waals surface area contributed by atoms with Crippen LogP contribution in [0.5, 0.6) is 5.75 Å². The van der Waals surface area contributed by atoms with Crippen molar-refractivity contribution in [1.29, 1.82) is 0 Å². The van der Waals surface area contributed by atoms with Crippen molar-refractivity contribution < 1.29 is 14.3 Å². The number of aromatic nitrogens is 1. The molecule has 0 saturated heterocycles. The molecule has 0 atom stereocenters. The highest BCUT2D eigenvalue weighted by Gasteiger charge is 2.29. The molecule has 0 radical (unpaired) electrons. The highest BCUT2D eigenvalue weighted by molar-refractivity contribution is 5.81. The Hall–Kier alpha value is -2.89. The second-order valence-electron chi connectivity index (χ2n) is 7.15. The summed E-state index contributed by atoms with van der Waals surface area (Å²) in [6, 6.07) is 13.3. The average Bonchev–Trinajstić information content (AvgIpc) is 2.77. The lowest BCUT2D eigenvalue weighted by molar-refractivity contribution is -0.130. The molecule has 6 heteroatoms. The topological polar surface area (TPSA) is 80.3 Å². The van der Waals surface area contributed by atoms with Gasteiger partial charge < -0.3 is 15.4 Å². The Bertz CT molecular complexity index is 769. The van der Waals surface area contributed by atoms with Gasteiger partial charge in [0.15, 0.2) is 0 Å². The molecule has 1 aromatic carbocycles. The van der Waals surface area contributed by atoms with E-state index in [0.717, 1.165) is 42.7 Å². The van der Waals surface area contributed by atoms with Crippen molar-refractivity contribution in [3.8, 4) is 5.75 Å². The summed E-state index contributed by atoms with van der Waals surface area (Å²) < 4.78 is 5.14. The fraction of sp³-hybridized carbons (Fsp3) is 0.409. The molecule has 148 valence electrons. The van der Waals surface area contributed by atoms with E-state index >= 15 is 0 Å². The predicted molar refractivity (Wildman–Crippen MR) is 106 cm³/mol. The van der Waals surface area contributed by atoms with E-state index in [2.05, 4.69) is 15.6 Å². The number of rotatable bonds is 7. The predicted octanol–water partition coefficient (Wildman–Crippen LogP) is 2.83. The number of carbonyl (C=O) groups is 2. The molecule has 1 aliphatic carbocycles. The van der Waals surface area contributed by atoms with E-state index in [1.165, 1.54) is 0 Å². The SMILES string of the molecule is COc1ccc(CNC(=O)C2CCC(C(=O)NCc3ccccn3)CC2)cc1. The van der Waals surface area contributed by atoms with E-state index < -0.39 is 0 Å². The molecule has 6 nitrogen and oxygen atoms in total. The van der Waals surface area contributed by atoms with Gasteiger partial charge in [-0.05, 0) is 55.5 Å². The minimum atomic E-state index is -0.0191. The van der Waals surface area contributed by atoms with Crippen LogP contribution in [0.15, 0.2) is 48.7 Å². The average molecular weight is 381 g/mol. The number of nitrogens with zero attached hydrogens (tertiary/aromatic N) is 1. The van der Waals surface area contributed by atoms with E-state index in [-0.39, 0.29) is 23.7 Å². The Balaban J connectivity index is 1.38. The molecule has 0 spiro atoms. The monoisotopic (exact) mass is 381 g/mol. The summed E-state index contributed by atoms with van der Waals surface area (Å²) in [5.41, 5.74) is 1.89. The number of hydrogen-bond donors (Lipinski definition) is 2. The third-order valence-corrected chi connectivity index (χ3v) is 5.26. The standard InChI is InChI=1S/C22H27N3O3/c1-28-20-11-5-16(6-12-20)14-24-21(26)17-7-9-18(10-8-17)22(27)25-15-19-4-2-3-13-23-19/h2-6,11-13,17-18H,7-10,14-15H2,1H3,(H,24,26)(H,25,27). The minimum absolute atomic E-state index is 0.0157. The summed E-state index contributed by atoms with van der Waals surface area (Å²) in [5, 5.41) is 5.96. The second-order valence-corrected chi connectivity index (χ2v) is 7.15. The van der Waals surface area contributed by atoms with Crippen LogP contribution in [0.4, 0.5) is 0 Å². The summed E-state index contributed by atoms with van der Waals surface area (Å²) in [4.78, 5) is 29.0. The Kier molecular flexibility index (Phi) is 7.00. The first-order valence-corrected chi connectivity index (χ1v) is 9.74. The molecule has 1 aliphatic rings. The first-order chi connectivity index (χ1) is 13.7. The van der Waals surface area contributed by atoms with Crippen molar-refractivity contribution in [2.75, 3.05) is 7.11 Å². The van der Waals surface area contributed by atoms with Crippen LogP contribution in [0.2, 0.25) is 0 Å². The number of pyridine rings is 1. The molecule has 0 aliphatic heterocycles. The maximum absolute atomic E-state index is 12.4. The number of benzene rings is 1. The van der Waals surface area contributed by atoms with Gasteiger partial charge in [0.1, 0.15) is 5.75 Å². The Morgan fingerprint density at radius 2 is 1.54 bits per heavy atom. The fourth-order valence-corrected chi connectivity index (χ4v) is 3.52. The van der Waals surface area contributed by atoms with E-state index in [1.807, 2.05) is 42.5 Å². The van der Waals surface area contributed by atoms with Gasteiger partial charge in [-0.3, -0.25) is 14.6 Å². The van der Waals surface area contributed by atoms with Crippen LogP contribution in [0.1, 0.15) is 36.9 Å². The molecule has 2 N–H and O–H groups in total. The van der Waals surface area contributed by atoms with Crippen LogP contribution < -0.4 is 15.4 Å². The normalized spacial score (nSPS) is 18.9. The first-order valence-electron chi connectivity index (χ1n) is 9.74. The van der Waals surface area contributed by atoms with Crippen molar-refractivity contribution in [2.24, 2.45) is 11.8 Å². The molecule has 2 amide bonds. The third-order valence-electron chi connectivity index (χ3n) is 5.26. The van der Waals surface area contributed by atoms with Gasteiger partial charge in [0.05, 0.1) is 19.3 Å². The van der Waals surface area contributed by atoms with Crippen molar-refractivity contribution >= 4 is 11.8 Å². The molecular weight excluding hydrogens is 354 g/mol. The molecule has 3 rings (SSSR count). The lowest BCUT2D eigenvalue weighted by Crippen LogP contribution is -2.37. The van der Waals surface area contributed by atoms with Gasteiger partial charge in [0.2, 0.25) is 11.8 Å². The zero-order valence-corrected chi connectivity index (χ0v) is 16.2. The number of ether oxygens (including phenoxy) is 1. The van der Waals surface area contributed by atoms with E-state index in [9.17, 15) is 9.59 Å². The van der Waals surface area contributed by atoms with Gasteiger partial charge in [0, 0.05) is 24.6 Å². The largest absolute Gasteiger partial charge is 0.497 e. The van der Waals surface area contributed by atoms with E-state index in [4.69, 9.17) is 4.74 Å². The number of carbonyl (C=O) groups excluding carboxylic acids is 2. The minimum Gasteiger partial charge on any atom is -0.497 e. The molecule has 28 heavy (non-hydrogen) atoms. The van der Waals surface area contributed by atoms with Gasteiger partial charge in [-0.2, -0.15) is 0 Å². The third kappa shape index (κ3) is 5.55. The summed E-state index contributed by atoms with van der Waals surface area (Å²) in [6.07, 6.45) is 4.70. The maximum Gasteiger partial charge on any atom is 0.223 e. The highest BCUT2D eigenvalue weighted by Crippen LogP contribution is 2.29. The van der Waals surface area contributed by atoms with Crippen LogP contribution in [0, 0.1) is 11.8 Å². The Labute approximate surface area is 165 Å². The van der Waals surface area contributed by atoms with Gasteiger partial charge in [-0.15, -0.1) is 0 Å². The quantitative estimate of drug-likeness (QED) is 0.773. The van der Waals surface area contributed by atoms with Crippen LogP contribution in [-0.4, -0.2) is 23.9 Å². The van der Waals surface area contributed by atoms with E-state index in [0.29, 0.717) is 13.1 Å². The van der Waals surface area contributed by atoms with Gasteiger partial charge in [-0.25, -0.2) is 0 Å². The molecule has 2 aromatic rings. The number of amides is 2. The van der Waals surface area contributed by atoms with Crippen LogP contribution >= 0.6 is 0 Å². The summed E-state index contributed by atoms with van der Waals surface area (Å²) >= 11 is 0. The fourth-order valence-electron chi connectivity index (χ4n) is 3.52. The Morgan fingerprint density at radius 3 is 2.07 bits per heavy atom. The van der Waals surface area contributed by atoms with Crippen molar-refractivity contribution in [3.05, 3.63) is 59.9 Å². The van der Waals surface area contributed by atoms with Crippen LogP contribution in [-0.2, 0) is 22.7 Å². The first kappa shape index (κ1) is 19.9. The molecule has 1 aromatic heterocycles. The zero-order chi connectivity index (χ0) is 19.8. The van der Waals surface area contributed by atoms with Gasteiger partial charge in [-0.1, -0.05) is 18.2 Å². The van der Waals surface area contributed by atoms with Crippen LogP contribution in [0.25, 0.3) is 0 Å². The summed E-state index contributed by atoms with van der Waals surface area (Å²) in [7, 11) is 1.63. The Morgan fingerprint density at radius 1 is 0.929 bits per heavy atom. The van der Waals surface area contributed by atoms with Crippen LogP contribution in [0.3, 0.4) is 0 Å². The van der Waals surface area contributed by atoms with Crippen molar-refractivity contribution in [2.45, 2.75) is 38.8 Å². The van der Waals surface area contributed by atoms with E-state index in [1.54, 1.807) is 13.3 Å². The van der Waals surface area contributed by atoms with Gasteiger partial charge >= 0.3 is 0 Å². The summed E-state index contributed by atoms with van der Waals surface area (Å²) in [6.45, 7) is 0.954. The maximum atomic E-state index is 12.4.